The van der Waals surface area contributed by atoms with Gasteiger partial charge in [0.1, 0.15) is 5.82 Å². The van der Waals surface area contributed by atoms with Gasteiger partial charge in [-0.25, -0.2) is 14.2 Å². The minimum atomic E-state index is -0.668. The Morgan fingerprint density at radius 1 is 1.10 bits per heavy atom. The molecule has 0 atom stereocenters. The van der Waals surface area contributed by atoms with Crippen molar-refractivity contribution in [2.45, 2.75) is 13.8 Å². The van der Waals surface area contributed by atoms with Crippen molar-refractivity contribution in [3.05, 3.63) is 76.0 Å². The average Bonchev–Trinajstić information content (AvgIpc) is 3.18. The smallest absolute Gasteiger partial charge is 0.340 e. The van der Waals surface area contributed by atoms with Crippen LogP contribution in [-0.4, -0.2) is 28.5 Å². The molecule has 6 nitrogen and oxygen atoms in total. The number of pyridine rings is 1. The molecule has 0 spiro atoms. The quantitative estimate of drug-likeness (QED) is 0.451. The molecule has 4 aromatic rings. The van der Waals surface area contributed by atoms with E-state index < -0.39 is 24.3 Å². The van der Waals surface area contributed by atoms with Crippen molar-refractivity contribution in [2.24, 2.45) is 0 Å². The number of hydrogen-bond acceptors (Lipinski definition) is 6. The molecule has 0 aliphatic rings. The first kappa shape index (κ1) is 20.6. The van der Waals surface area contributed by atoms with Crippen LogP contribution >= 0.6 is 11.3 Å². The summed E-state index contributed by atoms with van der Waals surface area (Å²) in [5, 5.41) is 6.24. The molecule has 0 radical (unpaired) electrons. The zero-order valence-electron chi connectivity index (χ0n) is 16.8. The van der Waals surface area contributed by atoms with Gasteiger partial charge < -0.3 is 10.1 Å². The lowest BCUT2D eigenvalue weighted by Crippen LogP contribution is -2.21. The first-order chi connectivity index (χ1) is 14.9. The lowest BCUT2D eigenvalue weighted by Gasteiger charge is -2.09. The van der Waals surface area contributed by atoms with Crippen molar-refractivity contribution in [3.8, 4) is 11.3 Å². The summed E-state index contributed by atoms with van der Waals surface area (Å²) < 4.78 is 18.5. The number of nitrogens with one attached hydrogen (secondary N) is 1. The number of carbonyl (C=O) groups is 2. The molecule has 0 unspecified atom stereocenters. The van der Waals surface area contributed by atoms with Crippen LogP contribution in [0.1, 0.15) is 21.1 Å². The van der Waals surface area contributed by atoms with Crippen LogP contribution in [0.15, 0.2) is 53.9 Å². The van der Waals surface area contributed by atoms with E-state index in [1.54, 1.807) is 30.4 Å². The van der Waals surface area contributed by atoms with Gasteiger partial charge in [-0.1, -0.05) is 12.1 Å². The summed E-state index contributed by atoms with van der Waals surface area (Å²) in [5.41, 5.74) is 3.37. The van der Waals surface area contributed by atoms with Gasteiger partial charge in [-0.15, -0.1) is 11.3 Å². The van der Waals surface area contributed by atoms with Crippen LogP contribution in [0.3, 0.4) is 0 Å². The Balaban J connectivity index is 1.41. The molecule has 0 saturated heterocycles. The van der Waals surface area contributed by atoms with E-state index in [1.165, 1.54) is 18.2 Å². The summed E-state index contributed by atoms with van der Waals surface area (Å²) in [6, 6.07) is 13.0. The molecule has 0 fully saturated rings. The van der Waals surface area contributed by atoms with Gasteiger partial charge in [0.05, 0.1) is 27.5 Å². The zero-order chi connectivity index (χ0) is 22.0. The Labute approximate surface area is 181 Å². The number of carbonyl (C=O) groups excluding carboxylic acids is 2. The molecule has 0 saturated carbocycles. The van der Waals surface area contributed by atoms with E-state index in [9.17, 15) is 14.0 Å². The highest BCUT2D eigenvalue weighted by molar-refractivity contribution is 7.09. The Morgan fingerprint density at radius 2 is 1.94 bits per heavy atom. The lowest BCUT2D eigenvalue weighted by atomic mass is 10.1. The topological polar surface area (TPSA) is 81.2 Å². The number of esters is 1. The first-order valence-electron chi connectivity index (χ1n) is 9.45. The minimum Gasteiger partial charge on any atom is -0.452 e. The molecule has 0 bridgehead atoms. The van der Waals surface area contributed by atoms with Gasteiger partial charge in [-0.2, -0.15) is 0 Å². The Hall–Kier alpha value is -3.65. The second-order valence-electron chi connectivity index (χ2n) is 6.92. The Kier molecular flexibility index (Phi) is 5.73. The number of rotatable bonds is 5. The molecule has 2 aromatic heterocycles. The number of aryl methyl sites for hydroxylation is 2. The van der Waals surface area contributed by atoms with Gasteiger partial charge >= 0.3 is 5.97 Å². The maximum absolute atomic E-state index is 13.4. The van der Waals surface area contributed by atoms with E-state index >= 15 is 0 Å². The molecule has 2 aromatic carbocycles. The number of fused-ring (bicyclic) bond motifs is 1. The lowest BCUT2D eigenvalue weighted by molar-refractivity contribution is -0.119. The van der Waals surface area contributed by atoms with Crippen molar-refractivity contribution >= 4 is 39.8 Å². The predicted octanol–water partition coefficient (Wildman–Crippen LogP) is 4.91. The van der Waals surface area contributed by atoms with Crippen LogP contribution in [0.4, 0.5) is 10.1 Å². The number of thiazole rings is 1. The molecule has 156 valence electrons. The van der Waals surface area contributed by atoms with E-state index in [4.69, 9.17) is 4.74 Å². The number of hydrogen-bond donors (Lipinski definition) is 1. The van der Waals surface area contributed by atoms with Crippen LogP contribution in [0.5, 0.6) is 0 Å². The summed E-state index contributed by atoms with van der Waals surface area (Å²) in [7, 11) is 0. The van der Waals surface area contributed by atoms with Crippen LogP contribution in [-0.2, 0) is 9.53 Å². The fraction of sp³-hybridized carbons (Fsp3) is 0.130. The minimum absolute atomic E-state index is 0.229. The number of anilines is 1. The van der Waals surface area contributed by atoms with Crippen LogP contribution in [0.25, 0.3) is 22.2 Å². The maximum Gasteiger partial charge on any atom is 0.340 e. The van der Waals surface area contributed by atoms with E-state index in [-0.39, 0.29) is 5.56 Å². The van der Waals surface area contributed by atoms with Crippen molar-refractivity contribution in [1.29, 1.82) is 0 Å². The van der Waals surface area contributed by atoms with Crippen molar-refractivity contribution in [2.75, 3.05) is 11.9 Å². The van der Waals surface area contributed by atoms with Crippen molar-refractivity contribution in [1.82, 2.24) is 9.97 Å². The summed E-state index contributed by atoms with van der Waals surface area (Å²) in [6.45, 7) is 3.12. The largest absolute Gasteiger partial charge is 0.452 e. The van der Waals surface area contributed by atoms with Gasteiger partial charge in [0.2, 0.25) is 0 Å². The molecule has 1 amide bonds. The highest BCUT2D eigenvalue weighted by Crippen LogP contribution is 2.24. The molecule has 8 heteroatoms. The summed E-state index contributed by atoms with van der Waals surface area (Å²) >= 11 is 1.55. The van der Waals surface area contributed by atoms with E-state index in [1.807, 2.05) is 30.5 Å². The molecule has 0 aliphatic heterocycles. The molecular formula is C23H18FN3O3S. The molecule has 2 heterocycles. The van der Waals surface area contributed by atoms with Gasteiger partial charge in [0.25, 0.3) is 5.91 Å². The highest BCUT2D eigenvalue weighted by atomic mass is 32.1. The second kappa shape index (κ2) is 8.61. The highest BCUT2D eigenvalue weighted by Gasteiger charge is 2.15. The molecule has 1 N–H and O–H groups in total. The van der Waals surface area contributed by atoms with Crippen molar-refractivity contribution in [3.63, 3.8) is 0 Å². The van der Waals surface area contributed by atoms with Gasteiger partial charge in [0, 0.05) is 28.1 Å². The third-order valence-corrected chi connectivity index (χ3v) is 5.36. The van der Waals surface area contributed by atoms with E-state index in [0.29, 0.717) is 22.3 Å². The number of ether oxygens (including phenoxy) is 1. The first-order valence-corrected chi connectivity index (χ1v) is 10.3. The van der Waals surface area contributed by atoms with Crippen molar-refractivity contribution < 1.29 is 18.7 Å². The number of benzene rings is 2. The summed E-state index contributed by atoms with van der Waals surface area (Å²) in [6.07, 6.45) is 0. The molecule has 4 rings (SSSR count). The van der Waals surface area contributed by atoms with E-state index in [2.05, 4.69) is 15.3 Å². The zero-order valence-corrected chi connectivity index (χ0v) is 17.6. The standard InChI is InChI=1S/C23H18FN3O3S/c1-13-19(9-16-6-7-17(24)10-20(16)25-13)23(29)30-11-22(28)27-18-5-3-4-15(8-18)21-12-31-14(2)26-21/h3-10,12H,11H2,1-2H3,(H,27,28). The summed E-state index contributed by atoms with van der Waals surface area (Å²) in [5.74, 6) is -1.54. The summed E-state index contributed by atoms with van der Waals surface area (Å²) in [4.78, 5) is 33.4. The average molecular weight is 435 g/mol. The third-order valence-electron chi connectivity index (χ3n) is 4.59. The molecular weight excluding hydrogens is 417 g/mol. The third kappa shape index (κ3) is 4.75. The predicted molar refractivity (Wildman–Crippen MR) is 118 cm³/mol. The van der Waals surface area contributed by atoms with Crippen LogP contribution in [0.2, 0.25) is 0 Å². The number of nitrogens with zero attached hydrogens (tertiary/aromatic N) is 2. The maximum atomic E-state index is 13.4. The molecule has 0 aliphatic carbocycles. The van der Waals surface area contributed by atoms with Crippen LogP contribution in [0, 0.1) is 19.7 Å². The monoisotopic (exact) mass is 435 g/mol. The fourth-order valence-corrected chi connectivity index (χ4v) is 3.72. The fourth-order valence-electron chi connectivity index (χ4n) is 3.10. The van der Waals surface area contributed by atoms with Gasteiger partial charge in [-0.05, 0) is 44.2 Å². The van der Waals surface area contributed by atoms with Gasteiger partial charge in [0.15, 0.2) is 6.61 Å². The van der Waals surface area contributed by atoms with E-state index in [0.717, 1.165) is 16.3 Å². The Morgan fingerprint density at radius 3 is 2.71 bits per heavy atom. The second-order valence-corrected chi connectivity index (χ2v) is 7.98. The normalized spacial score (nSPS) is 10.8. The number of halogens is 1. The SMILES string of the molecule is Cc1nc(-c2cccc(NC(=O)COC(=O)c3cc4ccc(F)cc4nc3C)c2)cs1. The van der Waals surface area contributed by atoms with Crippen LogP contribution < -0.4 is 5.32 Å². The number of aromatic nitrogens is 2. The van der Waals surface area contributed by atoms with Gasteiger partial charge in [-0.3, -0.25) is 9.78 Å². The Bertz CT molecular complexity index is 1300. The number of amides is 1. The molecule has 31 heavy (non-hydrogen) atoms.